The van der Waals surface area contributed by atoms with Crippen LogP contribution < -0.4 is 5.32 Å². The summed E-state index contributed by atoms with van der Waals surface area (Å²) in [5, 5.41) is 6.43. The van der Waals surface area contributed by atoms with Crippen molar-refractivity contribution in [3.8, 4) is 0 Å². The molecule has 42 heavy (non-hydrogen) atoms. The summed E-state index contributed by atoms with van der Waals surface area (Å²) in [4.78, 5) is 26.4. The van der Waals surface area contributed by atoms with Crippen LogP contribution in [0.1, 0.15) is 40.2 Å². The summed E-state index contributed by atoms with van der Waals surface area (Å²) in [6.07, 6.45) is 3.87. The smallest absolute Gasteiger partial charge is 0.355 e. The molecule has 0 radical (unpaired) electrons. The minimum Gasteiger partial charge on any atom is -0.355 e. The van der Waals surface area contributed by atoms with E-state index in [1.54, 1.807) is 23.6 Å². The number of hydrogen-bond acceptors (Lipinski definition) is 6. The predicted molar refractivity (Wildman–Crippen MR) is 160 cm³/mol. The van der Waals surface area contributed by atoms with E-state index >= 15 is 0 Å². The second-order valence-electron chi connectivity index (χ2n) is 10.4. The summed E-state index contributed by atoms with van der Waals surface area (Å²) in [5.74, 6) is -0.164. The van der Waals surface area contributed by atoms with E-state index in [4.69, 9.17) is 0 Å². The molecule has 10 heteroatoms. The number of carbonyl (C=O) groups is 1. The minimum absolute atomic E-state index is 0.0416. The van der Waals surface area contributed by atoms with Crippen LogP contribution in [0, 0.1) is 6.92 Å². The Morgan fingerprint density at radius 2 is 1.76 bits per heavy atom. The highest BCUT2D eigenvalue weighted by molar-refractivity contribution is 7.09. The third-order valence-corrected chi connectivity index (χ3v) is 8.04. The van der Waals surface area contributed by atoms with E-state index in [-0.39, 0.29) is 11.9 Å². The quantitative estimate of drug-likeness (QED) is 0.207. The summed E-state index contributed by atoms with van der Waals surface area (Å²) < 4.78 is 38.8. The van der Waals surface area contributed by atoms with Crippen molar-refractivity contribution < 1.29 is 18.0 Å². The van der Waals surface area contributed by atoms with Gasteiger partial charge < -0.3 is 10.2 Å². The van der Waals surface area contributed by atoms with Gasteiger partial charge >= 0.3 is 6.18 Å². The second kappa shape index (κ2) is 13.3. The molecular weight excluding hydrogens is 559 g/mol. The van der Waals surface area contributed by atoms with Gasteiger partial charge in [-0.05, 0) is 73.4 Å². The summed E-state index contributed by atoms with van der Waals surface area (Å²) in [5.41, 5.74) is 3.62. The first-order chi connectivity index (χ1) is 20.2. The average Bonchev–Trinajstić information content (AvgIpc) is 3.49. The van der Waals surface area contributed by atoms with E-state index in [2.05, 4.69) is 20.2 Å². The molecule has 4 aromatic rings. The van der Waals surface area contributed by atoms with E-state index in [0.717, 1.165) is 72.2 Å². The van der Waals surface area contributed by atoms with Gasteiger partial charge in [0.05, 0.1) is 12.1 Å². The van der Waals surface area contributed by atoms with E-state index in [1.165, 1.54) is 18.2 Å². The molecule has 0 aliphatic carbocycles. The number of halogens is 3. The number of thiazole rings is 1. The predicted octanol–water partition coefficient (Wildman–Crippen LogP) is 7.32. The van der Waals surface area contributed by atoms with Crippen molar-refractivity contribution in [2.24, 2.45) is 0 Å². The normalized spacial score (nSPS) is 14.8. The molecule has 2 aromatic heterocycles. The first-order valence-electron chi connectivity index (χ1n) is 13.8. The number of amides is 1. The molecule has 1 aliphatic rings. The second-order valence-corrected chi connectivity index (χ2v) is 11.3. The standard InChI is InChI=1S/C32H32F3N5OS/c1-23-20-28(12-15-36-23)38-27-9-4-25(5-10-27)21-40(29-13-17-39(18-14-29)22-30-37-16-19-42-30)31(41)11-6-24-2-7-26(8-3-24)32(33,34)35/h2-12,15-16,19-20,29H,13-14,17-18,21-22H2,1H3,(H,36,38)/b11-6+. The van der Waals surface area contributed by atoms with Crippen LogP contribution in [0.3, 0.4) is 0 Å². The number of aryl methyl sites for hydroxylation is 1. The Morgan fingerprint density at radius 3 is 2.40 bits per heavy atom. The number of hydrogen-bond donors (Lipinski definition) is 1. The van der Waals surface area contributed by atoms with Gasteiger partial charge in [0.2, 0.25) is 5.91 Å². The number of alkyl halides is 3. The Labute approximate surface area is 247 Å². The topological polar surface area (TPSA) is 61.4 Å². The fourth-order valence-corrected chi connectivity index (χ4v) is 5.68. The van der Waals surface area contributed by atoms with Gasteiger partial charge in [-0.25, -0.2) is 4.98 Å². The van der Waals surface area contributed by atoms with Crippen molar-refractivity contribution >= 4 is 34.7 Å². The molecule has 218 valence electrons. The maximum Gasteiger partial charge on any atom is 0.416 e. The number of piperidine rings is 1. The third-order valence-electron chi connectivity index (χ3n) is 7.27. The summed E-state index contributed by atoms with van der Waals surface area (Å²) >= 11 is 1.64. The maximum atomic E-state index is 13.5. The number of aromatic nitrogens is 2. The van der Waals surface area contributed by atoms with E-state index in [9.17, 15) is 18.0 Å². The van der Waals surface area contributed by atoms with Gasteiger partial charge in [-0.1, -0.05) is 24.3 Å². The van der Waals surface area contributed by atoms with Crippen LogP contribution in [0.2, 0.25) is 0 Å². The largest absolute Gasteiger partial charge is 0.416 e. The Balaban J connectivity index is 1.28. The van der Waals surface area contributed by atoms with Gasteiger partial charge in [-0.15, -0.1) is 11.3 Å². The molecule has 0 bridgehead atoms. The molecule has 0 spiro atoms. The van der Waals surface area contributed by atoms with Crippen LogP contribution in [0.4, 0.5) is 24.5 Å². The van der Waals surface area contributed by atoms with Gasteiger partial charge in [0.15, 0.2) is 0 Å². The molecule has 0 atom stereocenters. The van der Waals surface area contributed by atoms with Crippen LogP contribution in [0.5, 0.6) is 0 Å². The zero-order valence-electron chi connectivity index (χ0n) is 23.2. The van der Waals surface area contributed by atoms with Crippen molar-refractivity contribution in [1.29, 1.82) is 0 Å². The summed E-state index contributed by atoms with van der Waals surface area (Å²) in [7, 11) is 0. The van der Waals surface area contributed by atoms with E-state index in [0.29, 0.717) is 12.1 Å². The summed E-state index contributed by atoms with van der Waals surface area (Å²) in [6.45, 7) is 4.88. The fraction of sp³-hybridized carbons (Fsp3) is 0.281. The van der Waals surface area contributed by atoms with Gasteiger partial charge in [-0.2, -0.15) is 13.2 Å². The first-order valence-corrected chi connectivity index (χ1v) is 14.7. The molecule has 2 aromatic carbocycles. The van der Waals surface area contributed by atoms with Crippen LogP contribution in [-0.2, 0) is 24.1 Å². The third kappa shape index (κ3) is 8.04. The number of nitrogens with zero attached hydrogens (tertiary/aromatic N) is 4. The summed E-state index contributed by atoms with van der Waals surface area (Å²) in [6, 6.07) is 16.7. The monoisotopic (exact) mass is 591 g/mol. The van der Waals surface area contributed by atoms with Crippen molar-refractivity contribution in [1.82, 2.24) is 19.8 Å². The molecule has 5 rings (SSSR count). The molecular formula is C32H32F3N5OS. The minimum atomic E-state index is -4.40. The highest BCUT2D eigenvalue weighted by atomic mass is 32.1. The Morgan fingerprint density at radius 1 is 1.02 bits per heavy atom. The lowest BCUT2D eigenvalue weighted by Crippen LogP contribution is -2.46. The lowest BCUT2D eigenvalue weighted by molar-refractivity contribution is -0.137. The lowest BCUT2D eigenvalue weighted by atomic mass is 10.0. The molecule has 1 N–H and O–H groups in total. The van der Waals surface area contributed by atoms with Crippen molar-refractivity contribution in [2.45, 2.75) is 45.1 Å². The Bertz CT molecular complexity index is 1480. The molecule has 3 heterocycles. The van der Waals surface area contributed by atoms with Gasteiger partial charge in [0.1, 0.15) is 5.01 Å². The lowest BCUT2D eigenvalue weighted by Gasteiger charge is -2.38. The Kier molecular flexibility index (Phi) is 9.34. The average molecular weight is 592 g/mol. The first kappa shape index (κ1) is 29.5. The zero-order chi connectivity index (χ0) is 29.5. The molecule has 0 saturated carbocycles. The number of anilines is 2. The molecule has 1 amide bonds. The van der Waals surface area contributed by atoms with E-state index < -0.39 is 11.7 Å². The highest BCUT2D eigenvalue weighted by Gasteiger charge is 2.30. The van der Waals surface area contributed by atoms with Crippen LogP contribution >= 0.6 is 11.3 Å². The molecule has 1 saturated heterocycles. The van der Waals surface area contributed by atoms with Crippen molar-refractivity contribution in [3.05, 3.63) is 112 Å². The number of pyridine rings is 1. The molecule has 1 aliphatic heterocycles. The zero-order valence-corrected chi connectivity index (χ0v) is 24.0. The highest BCUT2D eigenvalue weighted by Crippen LogP contribution is 2.29. The number of nitrogens with one attached hydrogen (secondary N) is 1. The Hall–Kier alpha value is -4.02. The van der Waals surface area contributed by atoms with Crippen LogP contribution in [0.15, 0.2) is 84.5 Å². The van der Waals surface area contributed by atoms with E-state index in [1.807, 2.05) is 59.8 Å². The van der Waals surface area contributed by atoms with Crippen LogP contribution in [-0.4, -0.2) is 44.8 Å². The SMILES string of the molecule is Cc1cc(Nc2ccc(CN(C(=O)/C=C/c3ccc(C(F)(F)F)cc3)C3CCN(Cc4nccs4)CC3)cc2)ccn1. The molecule has 6 nitrogen and oxygen atoms in total. The molecule has 0 unspecified atom stereocenters. The number of carbonyl (C=O) groups excluding carboxylic acids is 1. The van der Waals surface area contributed by atoms with Crippen molar-refractivity contribution in [2.75, 3.05) is 18.4 Å². The van der Waals surface area contributed by atoms with Crippen LogP contribution in [0.25, 0.3) is 6.08 Å². The number of rotatable bonds is 9. The molecule has 1 fully saturated rings. The number of benzene rings is 2. The van der Waals surface area contributed by atoms with Gasteiger partial charge in [-0.3, -0.25) is 14.7 Å². The van der Waals surface area contributed by atoms with Gasteiger partial charge in [0, 0.05) is 66.6 Å². The maximum absolute atomic E-state index is 13.5. The fourth-order valence-electron chi connectivity index (χ4n) is 5.03. The van der Waals surface area contributed by atoms with Crippen molar-refractivity contribution in [3.63, 3.8) is 0 Å². The van der Waals surface area contributed by atoms with Gasteiger partial charge in [0.25, 0.3) is 0 Å². The number of likely N-dealkylation sites (tertiary alicyclic amines) is 1.